The van der Waals surface area contributed by atoms with E-state index in [2.05, 4.69) is 17.4 Å². The standard InChI is InChI=1S/C32H35NO5/c1-6-38-29(35)24(28(34)31(2,3)4)20-27(30(36)37-5)33-32(21-14-8-7-9-15-21)25-18-12-10-16-22(25)23-17-11-13-19-26(23)32/h7-19,24,27,33H,6,20H2,1-5H3/t24?,27-/m0/s1. The zero-order valence-corrected chi connectivity index (χ0v) is 22.6. The number of hydrogen-bond acceptors (Lipinski definition) is 6. The first-order chi connectivity index (χ1) is 18.1. The predicted octanol–water partition coefficient (Wildman–Crippen LogP) is 5.27. The van der Waals surface area contributed by atoms with Crippen LogP contribution in [-0.2, 0) is 29.4 Å². The van der Waals surface area contributed by atoms with Crippen LogP contribution >= 0.6 is 0 Å². The maximum Gasteiger partial charge on any atom is 0.322 e. The molecule has 198 valence electrons. The van der Waals surface area contributed by atoms with E-state index >= 15 is 0 Å². The fraction of sp³-hybridized carbons (Fsp3) is 0.344. The molecule has 0 saturated carbocycles. The number of esters is 2. The van der Waals surface area contributed by atoms with E-state index in [1.165, 1.54) is 7.11 Å². The molecule has 4 rings (SSSR count). The van der Waals surface area contributed by atoms with Crippen LogP contribution in [-0.4, -0.2) is 37.5 Å². The van der Waals surface area contributed by atoms with Crippen molar-refractivity contribution in [3.63, 3.8) is 0 Å². The van der Waals surface area contributed by atoms with Crippen molar-refractivity contribution in [1.82, 2.24) is 5.32 Å². The van der Waals surface area contributed by atoms with E-state index in [0.29, 0.717) is 0 Å². The molecule has 0 aromatic heterocycles. The van der Waals surface area contributed by atoms with Gasteiger partial charge in [0.1, 0.15) is 12.0 Å². The van der Waals surface area contributed by atoms with Crippen molar-refractivity contribution >= 4 is 17.7 Å². The van der Waals surface area contributed by atoms with Gasteiger partial charge in [0.25, 0.3) is 0 Å². The molecule has 38 heavy (non-hydrogen) atoms. The maximum absolute atomic E-state index is 13.4. The van der Waals surface area contributed by atoms with Crippen molar-refractivity contribution in [2.45, 2.75) is 45.7 Å². The lowest BCUT2D eigenvalue weighted by atomic mass is 9.77. The molecule has 3 aromatic rings. The molecular formula is C32H35NO5. The van der Waals surface area contributed by atoms with Gasteiger partial charge in [-0.3, -0.25) is 19.7 Å². The molecule has 0 amide bonds. The SMILES string of the molecule is CCOC(=O)C(C[C@H](NC1(c2ccccc2)c2ccccc2-c2ccccc21)C(=O)OC)C(=O)C(C)(C)C. The molecular weight excluding hydrogens is 478 g/mol. The van der Waals surface area contributed by atoms with Gasteiger partial charge < -0.3 is 9.47 Å². The number of methoxy groups -OCH3 is 1. The highest BCUT2D eigenvalue weighted by molar-refractivity contribution is 6.02. The Morgan fingerprint density at radius 2 is 1.34 bits per heavy atom. The van der Waals surface area contributed by atoms with Crippen LogP contribution in [0, 0.1) is 11.3 Å². The van der Waals surface area contributed by atoms with Gasteiger partial charge in [-0.05, 0) is 41.2 Å². The Kier molecular flexibility index (Phi) is 7.83. The molecule has 1 unspecified atom stereocenters. The number of hydrogen-bond donors (Lipinski definition) is 1. The normalized spacial score (nSPS) is 15.1. The molecule has 0 saturated heterocycles. The largest absolute Gasteiger partial charge is 0.468 e. The zero-order valence-electron chi connectivity index (χ0n) is 22.6. The number of carbonyl (C=O) groups excluding carboxylic acids is 3. The van der Waals surface area contributed by atoms with Crippen LogP contribution in [0.3, 0.4) is 0 Å². The van der Waals surface area contributed by atoms with E-state index in [1.807, 2.05) is 66.7 Å². The third-order valence-corrected chi connectivity index (χ3v) is 7.13. The van der Waals surface area contributed by atoms with Crippen molar-refractivity contribution in [2.24, 2.45) is 11.3 Å². The van der Waals surface area contributed by atoms with Gasteiger partial charge >= 0.3 is 11.9 Å². The number of Topliss-reactive ketones (excluding diaryl/α,β-unsaturated/α-hetero) is 1. The number of benzene rings is 3. The smallest absolute Gasteiger partial charge is 0.322 e. The van der Waals surface area contributed by atoms with Crippen LogP contribution in [0.25, 0.3) is 11.1 Å². The first-order valence-corrected chi connectivity index (χ1v) is 13.0. The molecule has 3 aromatic carbocycles. The van der Waals surface area contributed by atoms with Crippen LogP contribution in [0.15, 0.2) is 78.9 Å². The lowest BCUT2D eigenvalue weighted by Crippen LogP contribution is -2.53. The Bertz CT molecular complexity index is 1280. The molecule has 2 atom stereocenters. The average Bonchev–Trinajstić information content (AvgIpc) is 3.21. The van der Waals surface area contributed by atoms with E-state index in [4.69, 9.17) is 9.47 Å². The maximum atomic E-state index is 13.4. The van der Waals surface area contributed by atoms with Gasteiger partial charge in [0, 0.05) is 5.41 Å². The third-order valence-electron chi connectivity index (χ3n) is 7.13. The van der Waals surface area contributed by atoms with Crippen molar-refractivity contribution < 1.29 is 23.9 Å². The third kappa shape index (κ3) is 4.88. The van der Waals surface area contributed by atoms with E-state index in [-0.39, 0.29) is 18.8 Å². The van der Waals surface area contributed by atoms with Crippen molar-refractivity contribution in [3.8, 4) is 11.1 Å². The van der Waals surface area contributed by atoms with Gasteiger partial charge in [-0.15, -0.1) is 0 Å². The summed E-state index contributed by atoms with van der Waals surface area (Å²) in [6.45, 7) is 7.12. The minimum absolute atomic E-state index is 0.0967. The summed E-state index contributed by atoms with van der Waals surface area (Å²) < 4.78 is 10.5. The predicted molar refractivity (Wildman–Crippen MR) is 146 cm³/mol. The minimum Gasteiger partial charge on any atom is -0.468 e. The van der Waals surface area contributed by atoms with E-state index in [9.17, 15) is 14.4 Å². The summed E-state index contributed by atoms with van der Waals surface area (Å²) in [5.74, 6) is -2.61. The van der Waals surface area contributed by atoms with Gasteiger partial charge in [0.15, 0.2) is 5.78 Å². The second-order valence-electron chi connectivity index (χ2n) is 10.6. The van der Waals surface area contributed by atoms with E-state index < -0.39 is 34.9 Å². The minimum atomic E-state index is -1.13. The van der Waals surface area contributed by atoms with Crippen LogP contribution in [0.4, 0.5) is 0 Å². The molecule has 1 aliphatic rings. The van der Waals surface area contributed by atoms with Crippen LogP contribution < -0.4 is 5.32 Å². The highest BCUT2D eigenvalue weighted by Gasteiger charge is 2.48. The second kappa shape index (κ2) is 10.9. The van der Waals surface area contributed by atoms with E-state index in [1.54, 1.807) is 27.7 Å². The number of rotatable bonds is 9. The average molecular weight is 514 g/mol. The molecule has 0 radical (unpaired) electrons. The van der Waals surface area contributed by atoms with Crippen molar-refractivity contribution in [3.05, 3.63) is 95.6 Å². The summed E-state index contributed by atoms with van der Waals surface area (Å²) in [6.07, 6.45) is -0.0967. The van der Waals surface area contributed by atoms with Crippen LogP contribution in [0.1, 0.15) is 50.8 Å². The Labute approximate surface area is 224 Å². The Balaban J connectivity index is 1.89. The molecule has 0 heterocycles. The molecule has 0 bridgehead atoms. The summed E-state index contributed by atoms with van der Waals surface area (Å²) in [5.41, 5.74) is 3.28. The van der Waals surface area contributed by atoms with Gasteiger partial charge in [0.05, 0.1) is 19.3 Å². The first-order valence-electron chi connectivity index (χ1n) is 13.0. The number of fused-ring (bicyclic) bond motifs is 3. The van der Waals surface area contributed by atoms with Gasteiger partial charge in [-0.1, -0.05) is 99.6 Å². The Hall–Kier alpha value is -3.77. The lowest BCUT2D eigenvalue weighted by Gasteiger charge is -2.38. The molecule has 1 N–H and O–H groups in total. The summed E-state index contributed by atoms with van der Waals surface area (Å²) in [7, 11) is 1.31. The number of ketones is 1. The monoisotopic (exact) mass is 513 g/mol. The fourth-order valence-electron chi connectivity index (χ4n) is 5.40. The highest BCUT2D eigenvalue weighted by atomic mass is 16.5. The molecule has 6 nitrogen and oxygen atoms in total. The van der Waals surface area contributed by atoms with Crippen LogP contribution in [0.2, 0.25) is 0 Å². The molecule has 0 fully saturated rings. The Morgan fingerprint density at radius 1 is 0.816 bits per heavy atom. The first kappa shape index (κ1) is 27.3. The van der Waals surface area contributed by atoms with Gasteiger partial charge in [0.2, 0.25) is 0 Å². The van der Waals surface area contributed by atoms with E-state index in [0.717, 1.165) is 27.8 Å². The second-order valence-corrected chi connectivity index (χ2v) is 10.6. The Morgan fingerprint density at radius 3 is 1.84 bits per heavy atom. The zero-order chi connectivity index (χ0) is 27.5. The summed E-state index contributed by atoms with van der Waals surface area (Å²) in [5, 5.41) is 3.61. The summed E-state index contributed by atoms with van der Waals surface area (Å²) in [4.78, 5) is 39.8. The number of nitrogens with one attached hydrogen (secondary N) is 1. The molecule has 6 heteroatoms. The van der Waals surface area contributed by atoms with Crippen molar-refractivity contribution in [1.29, 1.82) is 0 Å². The van der Waals surface area contributed by atoms with Gasteiger partial charge in [-0.25, -0.2) is 0 Å². The lowest BCUT2D eigenvalue weighted by molar-refractivity contribution is -0.155. The quantitative estimate of drug-likeness (QED) is 0.310. The topological polar surface area (TPSA) is 81.7 Å². The number of ether oxygens (including phenoxy) is 2. The molecule has 0 aliphatic heterocycles. The molecule has 1 aliphatic carbocycles. The summed E-state index contributed by atoms with van der Waals surface area (Å²) >= 11 is 0. The highest BCUT2D eigenvalue weighted by Crippen LogP contribution is 2.51. The van der Waals surface area contributed by atoms with Gasteiger partial charge in [-0.2, -0.15) is 0 Å². The molecule has 0 spiro atoms. The van der Waals surface area contributed by atoms with Crippen LogP contribution in [0.5, 0.6) is 0 Å². The fourth-order valence-corrected chi connectivity index (χ4v) is 5.40. The van der Waals surface area contributed by atoms with Crippen molar-refractivity contribution in [2.75, 3.05) is 13.7 Å². The summed E-state index contributed by atoms with van der Waals surface area (Å²) in [6, 6.07) is 25.1. The number of carbonyl (C=O) groups is 3.